The number of rotatable bonds is 7. The van der Waals surface area contributed by atoms with E-state index in [2.05, 4.69) is 0 Å². The fourth-order valence-corrected chi connectivity index (χ4v) is 4.93. The van der Waals surface area contributed by atoms with E-state index in [-0.39, 0.29) is 17.7 Å². The van der Waals surface area contributed by atoms with Crippen molar-refractivity contribution in [3.63, 3.8) is 0 Å². The van der Waals surface area contributed by atoms with Crippen LogP contribution in [0.2, 0.25) is 0 Å². The standard InChI is InChI=1S/C27H31NO6/c1-6-11-33-27(30)24-16(3)28-19-12-18(17-8-10-21(31-4)23(14-17)32-5)13-20(29)25(19)26(24)22-9-7-15(2)34-22/h7-10,14,18,24,26H,6,11-13H2,1-5H3/t18-,24?,26+/m1/s1. The van der Waals surface area contributed by atoms with Gasteiger partial charge < -0.3 is 18.6 Å². The molecule has 3 atom stereocenters. The number of Topliss-reactive ketones (excluding diaryl/α,β-unsaturated/α-hetero) is 1. The number of benzene rings is 1. The van der Waals surface area contributed by atoms with Crippen molar-refractivity contribution in [2.45, 2.75) is 51.9 Å². The number of ketones is 1. The maximum atomic E-state index is 13.6. The summed E-state index contributed by atoms with van der Waals surface area (Å²) >= 11 is 0. The van der Waals surface area contributed by atoms with Gasteiger partial charge in [0.1, 0.15) is 17.4 Å². The minimum Gasteiger partial charge on any atom is -0.493 e. The molecule has 180 valence electrons. The molecule has 1 aromatic carbocycles. The molecule has 7 heteroatoms. The number of aryl methyl sites for hydroxylation is 1. The average molecular weight is 466 g/mol. The van der Waals surface area contributed by atoms with Crippen molar-refractivity contribution in [3.8, 4) is 11.5 Å². The molecule has 0 bridgehead atoms. The third kappa shape index (κ3) is 4.39. The molecule has 0 radical (unpaired) electrons. The third-order valence-corrected chi connectivity index (χ3v) is 6.54. The normalized spacial score (nSPS) is 22.2. The second-order valence-electron chi connectivity index (χ2n) is 8.83. The Hall–Kier alpha value is -3.35. The van der Waals surface area contributed by atoms with Crippen LogP contribution in [-0.4, -0.2) is 38.3 Å². The van der Waals surface area contributed by atoms with Gasteiger partial charge in [-0.2, -0.15) is 0 Å². The molecule has 0 fully saturated rings. The van der Waals surface area contributed by atoms with E-state index >= 15 is 0 Å². The number of hydrogen-bond acceptors (Lipinski definition) is 7. The highest BCUT2D eigenvalue weighted by Gasteiger charge is 2.46. The first-order valence-electron chi connectivity index (χ1n) is 11.6. The molecule has 1 aromatic heterocycles. The number of esters is 1. The third-order valence-electron chi connectivity index (χ3n) is 6.54. The second-order valence-corrected chi connectivity index (χ2v) is 8.83. The molecule has 0 N–H and O–H groups in total. The Morgan fingerprint density at radius 1 is 1.09 bits per heavy atom. The zero-order valence-corrected chi connectivity index (χ0v) is 20.3. The van der Waals surface area contributed by atoms with E-state index < -0.39 is 11.8 Å². The molecule has 7 nitrogen and oxygen atoms in total. The summed E-state index contributed by atoms with van der Waals surface area (Å²) < 4.78 is 22.2. The van der Waals surface area contributed by atoms with Crippen LogP contribution in [0.3, 0.4) is 0 Å². The van der Waals surface area contributed by atoms with Gasteiger partial charge in [0, 0.05) is 23.4 Å². The number of furan rings is 1. The van der Waals surface area contributed by atoms with Gasteiger partial charge in [0.25, 0.3) is 0 Å². The summed E-state index contributed by atoms with van der Waals surface area (Å²) in [6, 6.07) is 9.43. The molecule has 1 unspecified atom stereocenters. The van der Waals surface area contributed by atoms with Gasteiger partial charge in [-0.05, 0) is 62.4 Å². The van der Waals surface area contributed by atoms with Crippen LogP contribution < -0.4 is 9.47 Å². The molecule has 0 amide bonds. The predicted molar refractivity (Wildman–Crippen MR) is 128 cm³/mol. The molecule has 2 aromatic rings. The molecule has 2 heterocycles. The first-order chi connectivity index (χ1) is 16.4. The average Bonchev–Trinajstić information content (AvgIpc) is 3.26. The highest BCUT2D eigenvalue weighted by atomic mass is 16.5. The van der Waals surface area contributed by atoms with Crippen molar-refractivity contribution >= 4 is 17.5 Å². The molecular formula is C27H31NO6. The molecule has 0 saturated carbocycles. The second kappa shape index (κ2) is 9.87. The summed E-state index contributed by atoms with van der Waals surface area (Å²) in [5.41, 5.74) is 2.90. The Bertz CT molecular complexity index is 1160. The minimum absolute atomic E-state index is 0.0235. The van der Waals surface area contributed by atoms with Gasteiger partial charge in [-0.3, -0.25) is 14.6 Å². The largest absolute Gasteiger partial charge is 0.493 e. The number of ether oxygens (including phenoxy) is 3. The SMILES string of the molecule is CCCOC(=O)C1C(C)=NC2=C(C(=O)C[C@H](c3ccc(OC)c(OC)c3)C2)[C@H]1c1ccc(C)o1. The smallest absolute Gasteiger partial charge is 0.315 e. The minimum atomic E-state index is -0.683. The molecule has 1 aliphatic carbocycles. The molecule has 0 saturated heterocycles. The summed E-state index contributed by atoms with van der Waals surface area (Å²) in [6.45, 7) is 5.95. The zero-order valence-electron chi connectivity index (χ0n) is 20.3. The Morgan fingerprint density at radius 3 is 2.50 bits per heavy atom. The van der Waals surface area contributed by atoms with Crippen LogP contribution in [-0.2, 0) is 14.3 Å². The lowest BCUT2D eigenvalue weighted by Crippen LogP contribution is -2.38. The lowest BCUT2D eigenvalue weighted by molar-refractivity contribution is -0.146. The van der Waals surface area contributed by atoms with Gasteiger partial charge >= 0.3 is 5.97 Å². The number of allylic oxidation sites excluding steroid dienone is 2. The van der Waals surface area contributed by atoms with Gasteiger partial charge in [-0.1, -0.05) is 13.0 Å². The first kappa shape index (κ1) is 23.8. The Labute approximate surface area is 199 Å². The van der Waals surface area contributed by atoms with Crippen molar-refractivity contribution in [1.82, 2.24) is 0 Å². The van der Waals surface area contributed by atoms with E-state index in [4.69, 9.17) is 23.6 Å². The summed E-state index contributed by atoms with van der Waals surface area (Å²) in [7, 11) is 3.19. The van der Waals surface area contributed by atoms with Gasteiger partial charge in [0.15, 0.2) is 17.3 Å². The van der Waals surface area contributed by atoms with Crippen LogP contribution >= 0.6 is 0 Å². The van der Waals surface area contributed by atoms with E-state index in [1.165, 1.54) is 0 Å². The Morgan fingerprint density at radius 2 is 1.85 bits per heavy atom. The number of methoxy groups -OCH3 is 2. The van der Waals surface area contributed by atoms with Gasteiger partial charge in [0.05, 0.1) is 26.7 Å². The first-order valence-corrected chi connectivity index (χ1v) is 11.6. The van der Waals surface area contributed by atoms with Crippen LogP contribution in [0.5, 0.6) is 11.5 Å². The van der Waals surface area contributed by atoms with E-state index in [0.29, 0.717) is 53.7 Å². The molecule has 4 rings (SSSR count). The van der Waals surface area contributed by atoms with Crippen LogP contribution in [0, 0.1) is 12.8 Å². The van der Waals surface area contributed by atoms with E-state index in [0.717, 1.165) is 17.7 Å². The molecular weight excluding hydrogens is 434 g/mol. The predicted octanol–water partition coefficient (Wildman–Crippen LogP) is 5.13. The number of carbonyl (C=O) groups is 2. The number of aliphatic imine (C=N–C) groups is 1. The van der Waals surface area contributed by atoms with Crippen molar-refractivity contribution in [3.05, 3.63) is 58.7 Å². The fraction of sp³-hybridized carbons (Fsp3) is 0.444. The number of hydrogen-bond donors (Lipinski definition) is 0. The highest BCUT2D eigenvalue weighted by molar-refractivity contribution is 6.09. The van der Waals surface area contributed by atoms with Crippen molar-refractivity contribution in [1.29, 1.82) is 0 Å². The van der Waals surface area contributed by atoms with Gasteiger partial charge in [-0.15, -0.1) is 0 Å². The Balaban J connectivity index is 1.74. The quantitative estimate of drug-likeness (QED) is 0.527. The molecule has 1 aliphatic heterocycles. The summed E-state index contributed by atoms with van der Waals surface area (Å²) in [5, 5.41) is 0. The Kier molecular flexibility index (Phi) is 6.91. The van der Waals surface area contributed by atoms with Gasteiger partial charge in [0.2, 0.25) is 0 Å². The topological polar surface area (TPSA) is 87.3 Å². The maximum absolute atomic E-state index is 13.6. The maximum Gasteiger partial charge on any atom is 0.315 e. The molecule has 2 aliphatic rings. The van der Waals surface area contributed by atoms with Gasteiger partial charge in [-0.25, -0.2) is 0 Å². The summed E-state index contributed by atoms with van der Waals surface area (Å²) in [5.74, 6) is 0.917. The van der Waals surface area contributed by atoms with E-state index in [1.54, 1.807) is 14.2 Å². The van der Waals surface area contributed by atoms with Crippen molar-refractivity contribution in [2.75, 3.05) is 20.8 Å². The van der Waals surface area contributed by atoms with Crippen LogP contribution in [0.15, 0.2) is 51.0 Å². The molecule has 34 heavy (non-hydrogen) atoms. The lowest BCUT2D eigenvalue weighted by Gasteiger charge is -2.35. The van der Waals surface area contributed by atoms with Crippen LogP contribution in [0.25, 0.3) is 0 Å². The van der Waals surface area contributed by atoms with E-state index in [1.807, 2.05) is 51.1 Å². The number of carbonyl (C=O) groups excluding carboxylic acids is 2. The monoisotopic (exact) mass is 465 g/mol. The fourth-order valence-electron chi connectivity index (χ4n) is 4.93. The zero-order chi connectivity index (χ0) is 24.4. The van der Waals surface area contributed by atoms with E-state index in [9.17, 15) is 9.59 Å². The van der Waals surface area contributed by atoms with Crippen LogP contribution in [0.1, 0.15) is 62.0 Å². The van der Waals surface area contributed by atoms with Crippen molar-refractivity contribution < 1.29 is 28.2 Å². The highest BCUT2D eigenvalue weighted by Crippen LogP contribution is 2.47. The molecule has 0 spiro atoms. The van der Waals surface area contributed by atoms with Crippen molar-refractivity contribution in [2.24, 2.45) is 10.9 Å². The lowest BCUT2D eigenvalue weighted by atomic mass is 9.70. The van der Waals surface area contributed by atoms with Crippen LogP contribution in [0.4, 0.5) is 0 Å². The summed E-state index contributed by atoms with van der Waals surface area (Å²) in [6.07, 6.45) is 1.62. The summed E-state index contributed by atoms with van der Waals surface area (Å²) in [4.78, 5) is 31.4. The number of nitrogens with zero attached hydrogens (tertiary/aromatic N) is 1.